The lowest BCUT2D eigenvalue weighted by molar-refractivity contribution is -0.141. The number of carbonyl (C=O) groups excluding carboxylic acids is 7. The number of fused-ring (bicyclic) bond motifs is 4. The lowest BCUT2D eigenvalue weighted by Gasteiger charge is -2.38. The number of benzene rings is 3. The quantitative estimate of drug-likeness (QED) is 0.0372. The second-order valence-corrected chi connectivity index (χ2v) is 35.3. The number of morpholine rings is 3. The van der Waals surface area contributed by atoms with Crippen molar-refractivity contribution < 1.29 is 58.0 Å². The first-order chi connectivity index (χ1) is 59.7. The predicted molar refractivity (Wildman–Crippen MR) is 476 cm³/mol. The summed E-state index contributed by atoms with van der Waals surface area (Å²) in [6, 6.07) is 26.5. The number of ether oxygens (including phenoxy) is 3. The van der Waals surface area contributed by atoms with Crippen LogP contribution in [0.1, 0.15) is 72.9 Å². The van der Waals surface area contributed by atoms with Gasteiger partial charge in [-0.15, -0.1) is 34.0 Å². The van der Waals surface area contributed by atoms with E-state index in [1.807, 2.05) is 60.6 Å². The van der Waals surface area contributed by atoms with Crippen molar-refractivity contribution >= 4 is 134 Å². The third-order valence-electron chi connectivity index (χ3n) is 23.4. The molecule has 13 heterocycles. The number of carbonyl (C=O) groups is 7. The maximum absolute atomic E-state index is 13.2. The van der Waals surface area contributed by atoms with E-state index < -0.39 is 0 Å². The molecule has 123 heavy (non-hydrogen) atoms. The number of likely N-dealkylation sites (tertiary alicyclic amines) is 1. The summed E-state index contributed by atoms with van der Waals surface area (Å²) < 4.78 is 19.9. The predicted octanol–water partition coefficient (Wildman–Crippen LogP) is 9.45. The van der Waals surface area contributed by atoms with Gasteiger partial charge in [0.05, 0.1) is 95.1 Å². The zero-order valence-corrected chi connectivity index (χ0v) is 72.0. The lowest BCUT2D eigenvalue weighted by Crippen LogP contribution is -2.52. The summed E-state index contributed by atoms with van der Waals surface area (Å²) in [6.07, 6.45) is 9.41. The number of thiophene rings is 3. The van der Waals surface area contributed by atoms with E-state index >= 15 is 0 Å². The second kappa shape index (κ2) is 40.4. The molecule has 6 saturated heterocycles. The van der Waals surface area contributed by atoms with Crippen molar-refractivity contribution in [2.24, 2.45) is 11.8 Å². The maximum atomic E-state index is 13.2. The molecule has 0 unspecified atom stereocenters. The molecule has 6 amide bonds. The van der Waals surface area contributed by atoms with Gasteiger partial charge < -0.3 is 69.4 Å². The number of allylic oxidation sites excluding steroid dienone is 1. The lowest BCUT2D eigenvalue weighted by atomic mass is 9.85. The van der Waals surface area contributed by atoms with Crippen LogP contribution < -0.4 is 25.3 Å². The maximum Gasteiger partial charge on any atom is 0.246 e. The van der Waals surface area contributed by atoms with Gasteiger partial charge >= 0.3 is 0 Å². The number of piperazine rings is 2. The molecule has 1 aliphatic carbocycles. The minimum atomic E-state index is -0.305. The average molecular weight is 1730 g/mol. The highest BCUT2D eigenvalue weighted by Crippen LogP contribution is 2.41. The molecule has 7 aromatic heterocycles. The topological polar surface area (TPSA) is 347 Å². The Morgan fingerprint density at radius 1 is 0.545 bits per heavy atom. The Balaban J connectivity index is 0.000000143. The molecular weight excluding hydrogens is 1620 g/mol. The van der Waals surface area contributed by atoms with E-state index in [4.69, 9.17) is 44.1 Å². The highest BCUT2D eigenvalue weighted by molar-refractivity contribution is 7.20. The van der Waals surface area contributed by atoms with Crippen LogP contribution in [0.2, 0.25) is 0 Å². The molecule has 6 aliphatic heterocycles. The molecule has 5 N–H and O–H groups in total. The van der Waals surface area contributed by atoms with Crippen molar-refractivity contribution in [3.8, 4) is 45.7 Å². The van der Waals surface area contributed by atoms with Crippen LogP contribution in [-0.2, 0) is 67.4 Å². The highest BCUT2D eigenvalue weighted by atomic mass is 32.1. The third-order valence-corrected chi connectivity index (χ3v) is 26.8. The van der Waals surface area contributed by atoms with Gasteiger partial charge in [-0.25, -0.2) is 29.9 Å². The highest BCUT2D eigenvalue weighted by Gasteiger charge is 2.35. The van der Waals surface area contributed by atoms with E-state index in [0.29, 0.717) is 109 Å². The summed E-state index contributed by atoms with van der Waals surface area (Å²) in [4.78, 5) is 138. The molecule has 0 spiro atoms. The summed E-state index contributed by atoms with van der Waals surface area (Å²) >= 11 is 5.08. The van der Waals surface area contributed by atoms with Crippen molar-refractivity contribution in [1.82, 2.24) is 80.1 Å². The number of hydrogen-bond donors (Lipinski definition) is 5. The van der Waals surface area contributed by atoms with Crippen molar-refractivity contribution in [2.75, 3.05) is 173 Å². The minimum Gasteiger partial charge on any atom is -0.508 e. The second-order valence-electron chi connectivity index (χ2n) is 31.9. The first-order valence-electron chi connectivity index (χ1n) is 42.2. The summed E-state index contributed by atoms with van der Waals surface area (Å²) in [7, 11) is 1.85. The van der Waals surface area contributed by atoms with Gasteiger partial charge in [0.2, 0.25) is 35.4 Å². The number of aromatic amines is 1. The number of aromatic hydroxyl groups is 2. The normalized spacial score (nSPS) is 18.2. The first-order valence-corrected chi connectivity index (χ1v) is 44.7. The Labute approximate surface area is 725 Å². The van der Waals surface area contributed by atoms with E-state index in [-0.39, 0.29) is 90.0 Å². The van der Waals surface area contributed by atoms with Gasteiger partial charge in [-0.1, -0.05) is 56.1 Å². The van der Waals surface area contributed by atoms with E-state index in [0.717, 1.165) is 198 Å². The first kappa shape index (κ1) is 86.7. The Morgan fingerprint density at radius 2 is 1.03 bits per heavy atom. The molecule has 34 heteroatoms. The van der Waals surface area contributed by atoms with E-state index in [9.17, 15) is 43.8 Å². The van der Waals surface area contributed by atoms with Crippen molar-refractivity contribution in [3.63, 3.8) is 0 Å². The molecule has 0 bridgehead atoms. The molecule has 10 aromatic rings. The molecule has 31 nitrogen and oxygen atoms in total. The third kappa shape index (κ3) is 21.5. The number of phenolic OH excluding ortho intramolecular Hbond substituents is 2. The van der Waals surface area contributed by atoms with Crippen molar-refractivity contribution in [1.29, 1.82) is 0 Å². The Bertz CT molecular complexity index is 5510. The number of hydrogen-bond acceptors (Lipinski definition) is 27. The number of nitrogens with one attached hydrogen (secondary N) is 3. The van der Waals surface area contributed by atoms with Crippen LogP contribution in [0.3, 0.4) is 0 Å². The van der Waals surface area contributed by atoms with E-state index in [1.54, 1.807) is 86.0 Å². The largest absolute Gasteiger partial charge is 0.508 e. The number of anilines is 3. The molecule has 0 radical (unpaired) electrons. The van der Waals surface area contributed by atoms with Gasteiger partial charge in [-0.3, -0.25) is 48.5 Å². The van der Waals surface area contributed by atoms with Crippen LogP contribution in [0.25, 0.3) is 75.7 Å². The van der Waals surface area contributed by atoms with Gasteiger partial charge in [-0.05, 0) is 125 Å². The molecule has 7 aliphatic rings. The fourth-order valence-electron chi connectivity index (χ4n) is 16.6. The molecule has 7 fully saturated rings. The number of H-pyrrole nitrogens is 1. The van der Waals surface area contributed by atoms with Gasteiger partial charge in [0.15, 0.2) is 40.7 Å². The zero-order chi connectivity index (χ0) is 85.6. The summed E-state index contributed by atoms with van der Waals surface area (Å²) in [5.74, 6) is 4.51. The smallest absolute Gasteiger partial charge is 0.246 e. The number of ketones is 1. The van der Waals surface area contributed by atoms with Crippen LogP contribution in [0.15, 0.2) is 129 Å². The number of amides is 6. The fourth-order valence-corrected chi connectivity index (χ4v) is 20.1. The van der Waals surface area contributed by atoms with Crippen LogP contribution in [-0.4, -0.2) is 285 Å². The summed E-state index contributed by atoms with van der Waals surface area (Å²) in [6.45, 7) is 29.6. The molecule has 646 valence electrons. The van der Waals surface area contributed by atoms with Gasteiger partial charge in [0.1, 0.15) is 11.5 Å². The Kier molecular flexibility index (Phi) is 28.5. The number of aromatic nitrogens is 8. The summed E-state index contributed by atoms with van der Waals surface area (Å²) in [5.41, 5.74) is 6.53. The monoisotopic (exact) mass is 1730 g/mol. The molecule has 17 rings (SSSR count). The molecular formula is C89H105N19O12S3. The number of rotatable bonds is 23. The van der Waals surface area contributed by atoms with Crippen LogP contribution >= 0.6 is 34.0 Å². The minimum absolute atomic E-state index is 0.0349. The van der Waals surface area contributed by atoms with Gasteiger partial charge in [0.25, 0.3) is 0 Å². The van der Waals surface area contributed by atoms with Crippen LogP contribution in [0, 0.1) is 11.8 Å². The van der Waals surface area contributed by atoms with Gasteiger partial charge in [-0.2, -0.15) is 5.10 Å². The average Bonchev–Trinajstić information content (AvgIpc) is 1.54. The molecule has 3 aromatic carbocycles. The fraction of sp³-hybridized carbons (Fsp3) is 0.438. The number of phenols is 2. The number of nitrogens with zero attached hydrogens (tertiary/aromatic N) is 16. The number of Topliss-reactive ketones (excluding diaryl/α,β-unsaturated/α-hetero) is 1. The Morgan fingerprint density at radius 3 is 1.55 bits per heavy atom. The molecule has 0 atom stereocenters. The van der Waals surface area contributed by atoms with E-state index in [1.165, 1.54) is 21.9 Å². The van der Waals surface area contributed by atoms with Crippen molar-refractivity contribution in [2.45, 2.75) is 84.0 Å². The molecule has 1 saturated carbocycles. The summed E-state index contributed by atoms with van der Waals surface area (Å²) in [5, 5.41) is 33.8. The van der Waals surface area contributed by atoms with E-state index in [2.05, 4.69) is 77.2 Å². The van der Waals surface area contributed by atoms with Crippen LogP contribution in [0.4, 0.5) is 17.5 Å². The zero-order valence-electron chi connectivity index (χ0n) is 69.6. The van der Waals surface area contributed by atoms with Crippen LogP contribution in [0.5, 0.6) is 11.5 Å². The van der Waals surface area contributed by atoms with Gasteiger partial charge in [0, 0.05) is 179 Å². The number of piperidine rings is 1. The van der Waals surface area contributed by atoms with Crippen molar-refractivity contribution in [3.05, 3.63) is 143 Å². The standard InChI is InChI=1S/C31H36N8O4S.C30H36N6O4S.C28H33N5O4S/c1-20(2)26(40)6-7-27(41)32-18-28(42)38-10-8-37(9-11-38)19-21-16-25-29(44-21)31(39-12-14-43-15-13-39)35-30(34-25)22-4-3-5-24-23(22)17-33-36-24;1-2-26(38)34-10-12-36(13-11-34)30(39)21-6-8-33(9-7-21)20-24-19-25-27(41-24)29(35-14-16-40-17-15-35)32-28(31-25)22-4-3-5-23(37)18-22;1-3-24(35)29-20-9-7-18(8-10-20)28(36)32(2)17-22-16-23-25(38-22)27(33-11-13-37-14-12-33)31-26(30-23)19-5-4-6-21(34)15-19/h3-5,16-17H,1,6-15,18-19H2,2H3,(H,32,41)(H,33,36);2-5,18-19,21,37H,1,6-17,20H2;3-6,15-16,18,20,34H,1,7-14,17H2,2H3,(H,29,35). The SMILES string of the molecule is C=C(C)C(=O)CCC(=O)NCC(=O)N1CCN(Cc2cc3nc(-c4cccc5[nH]ncc45)nc(N4CCOCC4)c3s2)CC1.C=CC(=O)N1CCN(C(=O)C2CCN(Cc3cc4nc(-c5cccc(O)c5)nc(N5CCOCC5)c4s3)CC2)CC1.C=CC(=O)NC1CCC(C(=O)N(C)Cc2cc3nc(-c4cccc(O)c4)nc(N4CCOCC4)c3s2)CC1. The Hall–Kier alpha value is -11.2.